The van der Waals surface area contributed by atoms with Gasteiger partial charge in [0.1, 0.15) is 16.9 Å². The summed E-state index contributed by atoms with van der Waals surface area (Å²) in [6, 6.07) is 61.2. The Morgan fingerprint density at radius 2 is 0.891 bits per heavy atom. The molecule has 5 nitrogen and oxygen atoms in total. The van der Waals surface area contributed by atoms with Gasteiger partial charge in [-0.2, -0.15) is 0 Å². The highest BCUT2D eigenvalue weighted by atomic mass is 16.3. The summed E-state index contributed by atoms with van der Waals surface area (Å²) in [5, 5.41) is 2.12. The van der Waals surface area contributed by atoms with E-state index < -0.39 is 5.41 Å². The third-order valence-electron chi connectivity index (χ3n) is 11.4. The highest BCUT2D eigenvalue weighted by Gasteiger charge is 2.55. The molecule has 256 valence electrons. The lowest BCUT2D eigenvalue weighted by molar-refractivity contribution is 0.582. The van der Waals surface area contributed by atoms with E-state index in [0.29, 0.717) is 23.2 Å². The Labute approximate surface area is 316 Å². The molecule has 7 aromatic carbocycles. The Morgan fingerprint density at radius 1 is 0.364 bits per heavy atom. The molecule has 0 saturated carbocycles. The van der Waals surface area contributed by atoms with Crippen LogP contribution in [0.4, 0.5) is 0 Å². The Balaban J connectivity index is 1.19. The zero-order chi connectivity index (χ0) is 36.1. The van der Waals surface area contributed by atoms with Crippen LogP contribution in [0.2, 0.25) is 0 Å². The maximum atomic E-state index is 7.25. The minimum Gasteiger partial charge on any atom is -0.456 e. The first kappa shape index (κ1) is 30.1. The van der Waals surface area contributed by atoms with Gasteiger partial charge in [0.25, 0.3) is 0 Å². The molecule has 0 radical (unpaired) electrons. The largest absolute Gasteiger partial charge is 0.456 e. The molecule has 0 N–H and O–H groups in total. The molecule has 55 heavy (non-hydrogen) atoms. The molecule has 0 unspecified atom stereocenters. The van der Waals surface area contributed by atoms with Crippen LogP contribution in [0, 0.1) is 0 Å². The van der Waals surface area contributed by atoms with Crippen LogP contribution in [0.5, 0.6) is 0 Å². The molecular formula is C50H29N3O2. The van der Waals surface area contributed by atoms with E-state index in [0.717, 1.165) is 61.1 Å². The van der Waals surface area contributed by atoms with Gasteiger partial charge in [-0.15, -0.1) is 0 Å². The van der Waals surface area contributed by atoms with Crippen LogP contribution in [0.25, 0.3) is 89.9 Å². The predicted molar refractivity (Wildman–Crippen MR) is 217 cm³/mol. The zero-order valence-corrected chi connectivity index (χ0v) is 29.4. The molecule has 2 aliphatic carbocycles. The standard InChI is InChI=1S/C50H29N3O2/c1-3-15-30(16-4-1)45-43-37-22-9-13-25-40(37)50(38-23-11-7-19-33(38)34-20-8-12-24-39(34)50)44(43)46(55-45)49-52-47(31-17-5-2-6-18-31)51-48(53-49)32-27-28-36-35-21-10-14-26-41(35)54-42(36)29-32/h1-29H. The monoisotopic (exact) mass is 703 g/mol. The van der Waals surface area contributed by atoms with Gasteiger partial charge in [-0.25, -0.2) is 15.0 Å². The van der Waals surface area contributed by atoms with Crippen LogP contribution in [0.15, 0.2) is 185 Å². The van der Waals surface area contributed by atoms with Crippen LogP contribution in [0.1, 0.15) is 22.3 Å². The lowest BCUT2D eigenvalue weighted by atomic mass is 9.70. The molecule has 0 fully saturated rings. The van der Waals surface area contributed by atoms with Crippen molar-refractivity contribution in [3.8, 4) is 67.9 Å². The summed E-state index contributed by atoms with van der Waals surface area (Å²) in [7, 11) is 0. The first-order valence-corrected chi connectivity index (χ1v) is 18.5. The van der Waals surface area contributed by atoms with Gasteiger partial charge in [-0.1, -0.05) is 158 Å². The van der Waals surface area contributed by atoms with E-state index in [1.165, 1.54) is 27.8 Å². The summed E-state index contributed by atoms with van der Waals surface area (Å²) in [5.74, 6) is 3.00. The van der Waals surface area contributed by atoms with Crippen molar-refractivity contribution in [1.29, 1.82) is 0 Å². The summed E-state index contributed by atoms with van der Waals surface area (Å²) in [4.78, 5) is 15.7. The second kappa shape index (κ2) is 11.3. The van der Waals surface area contributed by atoms with Crippen molar-refractivity contribution in [2.45, 2.75) is 5.41 Å². The summed E-state index contributed by atoms with van der Waals surface area (Å²) >= 11 is 0. The molecule has 0 amide bonds. The summed E-state index contributed by atoms with van der Waals surface area (Å²) in [6.07, 6.45) is 0. The minimum absolute atomic E-state index is 0.473. The molecule has 2 aliphatic rings. The van der Waals surface area contributed by atoms with E-state index in [-0.39, 0.29) is 0 Å². The summed E-state index contributed by atoms with van der Waals surface area (Å²) in [5.41, 5.74) is 13.0. The number of furan rings is 2. The predicted octanol–water partition coefficient (Wildman–Crippen LogP) is 12.4. The molecular weight excluding hydrogens is 675 g/mol. The number of benzene rings is 7. The number of hydrogen-bond donors (Lipinski definition) is 0. The topological polar surface area (TPSA) is 65.0 Å². The molecule has 0 bridgehead atoms. The van der Waals surface area contributed by atoms with Gasteiger partial charge < -0.3 is 8.83 Å². The van der Waals surface area contributed by atoms with Crippen molar-refractivity contribution in [3.05, 3.63) is 198 Å². The Bertz CT molecular complexity index is 3110. The van der Waals surface area contributed by atoms with Gasteiger partial charge in [-0.3, -0.25) is 0 Å². The van der Waals surface area contributed by atoms with Crippen LogP contribution in [-0.2, 0) is 5.41 Å². The number of aromatic nitrogens is 3. The van der Waals surface area contributed by atoms with Crippen LogP contribution in [0.3, 0.4) is 0 Å². The molecule has 5 heteroatoms. The van der Waals surface area contributed by atoms with E-state index in [2.05, 4.69) is 115 Å². The highest BCUT2D eigenvalue weighted by molar-refractivity contribution is 6.06. The van der Waals surface area contributed by atoms with Crippen molar-refractivity contribution in [1.82, 2.24) is 15.0 Å². The third kappa shape index (κ3) is 4.15. The van der Waals surface area contributed by atoms with Gasteiger partial charge in [0, 0.05) is 38.6 Å². The van der Waals surface area contributed by atoms with Crippen molar-refractivity contribution >= 4 is 21.9 Å². The zero-order valence-electron chi connectivity index (χ0n) is 29.4. The number of para-hydroxylation sites is 1. The average Bonchev–Trinajstić information content (AvgIpc) is 3.99. The van der Waals surface area contributed by atoms with E-state index in [9.17, 15) is 0 Å². The van der Waals surface area contributed by atoms with E-state index >= 15 is 0 Å². The van der Waals surface area contributed by atoms with Gasteiger partial charge >= 0.3 is 0 Å². The van der Waals surface area contributed by atoms with Crippen LogP contribution < -0.4 is 0 Å². The number of rotatable bonds is 4. The smallest absolute Gasteiger partial charge is 0.200 e. The Kier molecular flexibility index (Phi) is 6.20. The molecule has 0 atom stereocenters. The molecule has 1 spiro atoms. The van der Waals surface area contributed by atoms with Crippen LogP contribution in [-0.4, -0.2) is 15.0 Å². The Morgan fingerprint density at radius 3 is 1.60 bits per heavy atom. The fourth-order valence-electron chi connectivity index (χ4n) is 9.14. The number of fused-ring (bicyclic) bond motifs is 13. The van der Waals surface area contributed by atoms with Crippen molar-refractivity contribution in [2.24, 2.45) is 0 Å². The van der Waals surface area contributed by atoms with Crippen molar-refractivity contribution in [2.75, 3.05) is 0 Å². The maximum Gasteiger partial charge on any atom is 0.200 e. The Hall–Kier alpha value is -7.37. The second-order valence-corrected chi connectivity index (χ2v) is 14.2. The summed E-state index contributed by atoms with van der Waals surface area (Å²) < 4.78 is 13.6. The van der Waals surface area contributed by atoms with Gasteiger partial charge in [0.15, 0.2) is 23.2 Å². The molecule has 10 aromatic rings. The summed E-state index contributed by atoms with van der Waals surface area (Å²) in [6.45, 7) is 0. The lowest BCUT2D eigenvalue weighted by Crippen LogP contribution is -2.26. The normalized spacial score (nSPS) is 13.2. The molecule has 3 heterocycles. The van der Waals surface area contributed by atoms with E-state index in [1.807, 2.05) is 60.7 Å². The van der Waals surface area contributed by atoms with Gasteiger partial charge in [0.2, 0.25) is 0 Å². The second-order valence-electron chi connectivity index (χ2n) is 14.2. The SMILES string of the molecule is c1ccc(-c2nc(-c3ccc4c(c3)oc3ccccc34)nc(-c3oc(-c4ccccc4)c4c3C3(c5ccccc5-c5ccccc53)c3ccccc3-4)n2)cc1. The highest BCUT2D eigenvalue weighted by Crippen LogP contribution is 2.66. The quantitative estimate of drug-likeness (QED) is 0.183. The third-order valence-corrected chi connectivity index (χ3v) is 11.4. The maximum absolute atomic E-state index is 7.25. The fourth-order valence-corrected chi connectivity index (χ4v) is 9.14. The van der Waals surface area contributed by atoms with Crippen molar-refractivity contribution < 1.29 is 8.83 Å². The molecule has 12 rings (SSSR count). The molecule has 3 aromatic heterocycles. The van der Waals surface area contributed by atoms with Gasteiger partial charge in [0.05, 0.1) is 5.41 Å². The first-order chi connectivity index (χ1) is 27.3. The molecule has 0 saturated heterocycles. The number of nitrogens with zero attached hydrogens (tertiary/aromatic N) is 3. The lowest BCUT2D eigenvalue weighted by Gasteiger charge is -2.30. The molecule has 0 aliphatic heterocycles. The minimum atomic E-state index is -0.669. The van der Waals surface area contributed by atoms with Crippen molar-refractivity contribution in [3.63, 3.8) is 0 Å². The first-order valence-electron chi connectivity index (χ1n) is 18.5. The van der Waals surface area contributed by atoms with E-state index in [1.54, 1.807) is 0 Å². The average molecular weight is 704 g/mol. The van der Waals surface area contributed by atoms with Gasteiger partial charge in [-0.05, 0) is 51.6 Å². The fraction of sp³-hybridized carbons (Fsp3) is 0.0200. The number of hydrogen-bond acceptors (Lipinski definition) is 5. The van der Waals surface area contributed by atoms with E-state index in [4.69, 9.17) is 23.8 Å². The van der Waals surface area contributed by atoms with Crippen LogP contribution >= 0.6 is 0 Å².